The van der Waals surface area contributed by atoms with Crippen LogP contribution in [0.25, 0.3) is 0 Å². The third kappa shape index (κ3) is 3.58. The molecule has 3 heteroatoms. The Morgan fingerprint density at radius 1 is 1.56 bits per heavy atom. The molecule has 1 N–H and O–H groups in total. The van der Waals surface area contributed by atoms with E-state index in [2.05, 4.69) is 34.0 Å². The van der Waals surface area contributed by atoms with Gasteiger partial charge in [0.2, 0.25) is 0 Å². The van der Waals surface area contributed by atoms with E-state index in [4.69, 9.17) is 0 Å². The predicted molar refractivity (Wildman–Crippen MR) is 70.9 cm³/mol. The number of hydrogen-bond acceptors (Lipinski definition) is 3. The molecular formula is C13H22N2S. The average Bonchev–Trinajstić information content (AvgIpc) is 2.82. The summed E-state index contributed by atoms with van der Waals surface area (Å²) in [5.74, 6) is 0.854. The molecule has 0 bridgehead atoms. The largest absolute Gasteiger partial charge is 0.312 e. The molecule has 0 aromatic carbocycles. The van der Waals surface area contributed by atoms with Crippen molar-refractivity contribution < 1.29 is 0 Å². The lowest BCUT2D eigenvalue weighted by molar-refractivity contribution is 0.180. The maximum atomic E-state index is 3.58. The van der Waals surface area contributed by atoms with Crippen molar-refractivity contribution in [1.29, 1.82) is 0 Å². The van der Waals surface area contributed by atoms with Crippen LogP contribution >= 0.6 is 11.3 Å². The van der Waals surface area contributed by atoms with Crippen molar-refractivity contribution in [2.45, 2.75) is 26.3 Å². The number of rotatable bonds is 5. The molecule has 1 aliphatic heterocycles. The van der Waals surface area contributed by atoms with E-state index >= 15 is 0 Å². The van der Waals surface area contributed by atoms with Crippen molar-refractivity contribution >= 4 is 11.3 Å². The summed E-state index contributed by atoms with van der Waals surface area (Å²) in [5.41, 5.74) is 1.42. The Labute approximate surface area is 103 Å². The summed E-state index contributed by atoms with van der Waals surface area (Å²) >= 11 is 1.78. The molecule has 1 atom stereocenters. The van der Waals surface area contributed by atoms with Gasteiger partial charge in [0.05, 0.1) is 0 Å². The molecule has 16 heavy (non-hydrogen) atoms. The lowest BCUT2D eigenvalue weighted by Crippen LogP contribution is -2.39. The van der Waals surface area contributed by atoms with Crippen LogP contribution < -0.4 is 5.32 Å². The van der Waals surface area contributed by atoms with Crippen molar-refractivity contribution in [1.82, 2.24) is 10.2 Å². The zero-order valence-electron chi connectivity index (χ0n) is 10.1. The number of nitrogens with one attached hydrogen (secondary N) is 1. The second kappa shape index (κ2) is 6.38. The molecule has 0 saturated carbocycles. The predicted octanol–water partition coefficient (Wildman–Crippen LogP) is 2.57. The van der Waals surface area contributed by atoms with Gasteiger partial charge < -0.3 is 10.2 Å². The number of likely N-dealkylation sites (tertiary alicyclic amines) is 1. The Morgan fingerprint density at radius 2 is 2.50 bits per heavy atom. The van der Waals surface area contributed by atoms with Gasteiger partial charge in [-0.15, -0.1) is 0 Å². The summed E-state index contributed by atoms with van der Waals surface area (Å²) < 4.78 is 0. The zero-order valence-corrected chi connectivity index (χ0v) is 10.9. The van der Waals surface area contributed by atoms with Crippen LogP contribution in [0, 0.1) is 5.92 Å². The highest BCUT2D eigenvalue weighted by Gasteiger charge is 2.17. The van der Waals surface area contributed by atoms with E-state index in [-0.39, 0.29) is 0 Å². The first-order valence-corrected chi connectivity index (χ1v) is 7.27. The summed E-state index contributed by atoms with van der Waals surface area (Å²) in [5, 5.41) is 7.96. The van der Waals surface area contributed by atoms with Gasteiger partial charge in [-0.1, -0.05) is 6.92 Å². The van der Waals surface area contributed by atoms with Gasteiger partial charge >= 0.3 is 0 Å². The number of nitrogens with zero attached hydrogens (tertiary/aromatic N) is 1. The second-order valence-corrected chi connectivity index (χ2v) is 5.44. The highest BCUT2D eigenvalue weighted by Crippen LogP contribution is 2.15. The summed E-state index contributed by atoms with van der Waals surface area (Å²) in [6.45, 7) is 8.27. The van der Waals surface area contributed by atoms with Crippen LogP contribution in [0.15, 0.2) is 16.8 Å². The monoisotopic (exact) mass is 238 g/mol. The highest BCUT2D eigenvalue weighted by molar-refractivity contribution is 7.07. The minimum atomic E-state index is 0.854. The second-order valence-electron chi connectivity index (χ2n) is 4.66. The Hall–Kier alpha value is -0.380. The summed E-state index contributed by atoms with van der Waals surface area (Å²) in [7, 11) is 0. The Balaban J connectivity index is 1.65. The molecule has 1 saturated heterocycles. The number of thiophene rings is 1. The molecule has 1 fully saturated rings. The van der Waals surface area contributed by atoms with Crippen LogP contribution in [0.4, 0.5) is 0 Å². The summed E-state index contributed by atoms with van der Waals surface area (Å²) in [4.78, 5) is 2.57. The smallest absolute Gasteiger partial charge is 0.0213 e. The Kier molecular flexibility index (Phi) is 4.82. The maximum absolute atomic E-state index is 3.58. The fourth-order valence-electron chi connectivity index (χ4n) is 2.42. The summed E-state index contributed by atoms with van der Waals surface area (Å²) in [6, 6.07) is 2.21. The first-order valence-electron chi connectivity index (χ1n) is 6.32. The van der Waals surface area contributed by atoms with Gasteiger partial charge in [0.1, 0.15) is 0 Å². The van der Waals surface area contributed by atoms with Crippen molar-refractivity contribution in [3.05, 3.63) is 22.4 Å². The highest BCUT2D eigenvalue weighted by atomic mass is 32.1. The Morgan fingerprint density at radius 3 is 3.25 bits per heavy atom. The molecule has 0 aliphatic carbocycles. The minimum Gasteiger partial charge on any atom is -0.312 e. The van der Waals surface area contributed by atoms with E-state index in [0.717, 1.165) is 12.5 Å². The van der Waals surface area contributed by atoms with Gasteiger partial charge in [-0.2, -0.15) is 11.3 Å². The van der Waals surface area contributed by atoms with Crippen LogP contribution in [-0.4, -0.2) is 31.1 Å². The van der Waals surface area contributed by atoms with E-state index in [9.17, 15) is 0 Å². The third-order valence-electron chi connectivity index (χ3n) is 3.39. The quantitative estimate of drug-likeness (QED) is 0.848. The lowest BCUT2D eigenvalue weighted by atomic mass is 9.98. The fourth-order valence-corrected chi connectivity index (χ4v) is 3.09. The normalized spacial score (nSPS) is 22.4. The van der Waals surface area contributed by atoms with Gasteiger partial charge in [-0.25, -0.2) is 0 Å². The van der Waals surface area contributed by atoms with E-state index < -0.39 is 0 Å². The molecule has 0 spiro atoms. The lowest BCUT2D eigenvalue weighted by Gasteiger charge is -2.31. The molecule has 1 aromatic heterocycles. The van der Waals surface area contributed by atoms with Gasteiger partial charge in [-0.05, 0) is 60.8 Å². The van der Waals surface area contributed by atoms with Gasteiger partial charge in [0, 0.05) is 13.1 Å². The van der Waals surface area contributed by atoms with Crippen molar-refractivity contribution in [3.8, 4) is 0 Å². The maximum Gasteiger partial charge on any atom is 0.0213 e. The van der Waals surface area contributed by atoms with Crippen LogP contribution in [-0.2, 0) is 6.54 Å². The van der Waals surface area contributed by atoms with Crippen LogP contribution in [0.5, 0.6) is 0 Å². The van der Waals surface area contributed by atoms with Gasteiger partial charge in [0.15, 0.2) is 0 Å². The Bertz CT molecular complexity index is 284. The number of hydrogen-bond donors (Lipinski definition) is 1. The van der Waals surface area contributed by atoms with E-state index in [1.165, 1.54) is 44.6 Å². The summed E-state index contributed by atoms with van der Waals surface area (Å²) in [6.07, 6.45) is 2.77. The molecule has 1 aromatic rings. The SMILES string of the molecule is CCN1CCCC(CNCc2ccsc2)C1. The fraction of sp³-hybridized carbons (Fsp3) is 0.692. The van der Waals surface area contributed by atoms with Crippen LogP contribution in [0.3, 0.4) is 0 Å². The molecule has 0 radical (unpaired) electrons. The minimum absolute atomic E-state index is 0.854. The standard InChI is InChI=1S/C13H22N2S/c1-2-15-6-3-4-12(10-15)8-14-9-13-5-7-16-11-13/h5,7,11-12,14H,2-4,6,8-10H2,1H3. The molecule has 0 amide bonds. The third-order valence-corrected chi connectivity index (χ3v) is 4.12. The average molecular weight is 238 g/mol. The number of piperidine rings is 1. The molecule has 2 nitrogen and oxygen atoms in total. The van der Waals surface area contributed by atoms with Gasteiger partial charge in [-0.3, -0.25) is 0 Å². The first kappa shape index (κ1) is 12.1. The van der Waals surface area contributed by atoms with E-state index in [1.807, 2.05) is 0 Å². The van der Waals surface area contributed by atoms with E-state index in [0.29, 0.717) is 0 Å². The topological polar surface area (TPSA) is 15.3 Å². The van der Waals surface area contributed by atoms with Crippen molar-refractivity contribution in [2.75, 3.05) is 26.2 Å². The zero-order chi connectivity index (χ0) is 11.2. The molecule has 1 unspecified atom stereocenters. The molecule has 1 aliphatic rings. The molecule has 90 valence electrons. The first-order chi connectivity index (χ1) is 7.88. The molecule has 2 heterocycles. The van der Waals surface area contributed by atoms with Crippen LogP contribution in [0.1, 0.15) is 25.3 Å². The van der Waals surface area contributed by atoms with Gasteiger partial charge in [0.25, 0.3) is 0 Å². The van der Waals surface area contributed by atoms with E-state index in [1.54, 1.807) is 11.3 Å². The van der Waals surface area contributed by atoms with Crippen molar-refractivity contribution in [2.24, 2.45) is 5.92 Å². The molecular weight excluding hydrogens is 216 g/mol. The van der Waals surface area contributed by atoms with Crippen LogP contribution in [0.2, 0.25) is 0 Å². The molecule has 2 rings (SSSR count). The van der Waals surface area contributed by atoms with Crippen molar-refractivity contribution in [3.63, 3.8) is 0 Å².